The molecule has 0 radical (unpaired) electrons. The third kappa shape index (κ3) is 7.30. The van der Waals surface area contributed by atoms with E-state index >= 15 is 0 Å². The van der Waals surface area contributed by atoms with Crippen molar-refractivity contribution >= 4 is 17.7 Å². The maximum Gasteiger partial charge on any atom is 0.269 e. The second-order valence-electron chi connectivity index (χ2n) is 6.11. The Labute approximate surface area is 148 Å². The summed E-state index contributed by atoms with van der Waals surface area (Å²) in [4.78, 5) is 24.3. The number of amides is 1. The fourth-order valence-corrected chi connectivity index (χ4v) is 2.77. The fourth-order valence-electron chi connectivity index (χ4n) is 2.77. The van der Waals surface area contributed by atoms with Crippen LogP contribution in [-0.2, 0) is 4.79 Å². The van der Waals surface area contributed by atoms with Gasteiger partial charge in [-0.05, 0) is 56.6 Å². The standard InChI is InChI=1S/C19H25N3O3/c23-19(20-13-6-16-21-14-4-1-5-15-21)8-3-2-7-17-9-11-18(12-10-17)22(24)25/h2-3,7-12H,1,4-6,13-16H2,(H,20,23)/b7-2+,8-3+. The molecule has 0 aromatic heterocycles. The summed E-state index contributed by atoms with van der Waals surface area (Å²) in [6.45, 7) is 4.10. The lowest BCUT2D eigenvalue weighted by molar-refractivity contribution is -0.384. The molecular formula is C19H25N3O3. The highest BCUT2D eigenvalue weighted by Crippen LogP contribution is 2.12. The third-order valence-electron chi connectivity index (χ3n) is 4.15. The van der Waals surface area contributed by atoms with E-state index < -0.39 is 4.92 Å². The van der Waals surface area contributed by atoms with Gasteiger partial charge in [0.25, 0.3) is 5.69 Å². The third-order valence-corrected chi connectivity index (χ3v) is 4.15. The van der Waals surface area contributed by atoms with E-state index in [9.17, 15) is 14.9 Å². The first-order chi connectivity index (χ1) is 12.1. The van der Waals surface area contributed by atoms with E-state index in [1.165, 1.54) is 50.6 Å². The van der Waals surface area contributed by atoms with Crippen LogP contribution in [0.2, 0.25) is 0 Å². The van der Waals surface area contributed by atoms with Crippen LogP contribution in [0.3, 0.4) is 0 Å². The molecule has 1 fully saturated rings. The van der Waals surface area contributed by atoms with Crippen molar-refractivity contribution < 1.29 is 9.72 Å². The molecule has 0 atom stereocenters. The first kappa shape index (κ1) is 18.9. The lowest BCUT2D eigenvalue weighted by atomic mass is 10.1. The van der Waals surface area contributed by atoms with E-state index in [0.717, 1.165) is 18.5 Å². The molecule has 1 aliphatic rings. The Morgan fingerprint density at radius 3 is 2.56 bits per heavy atom. The Morgan fingerprint density at radius 1 is 1.16 bits per heavy atom. The van der Waals surface area contributed by atoms with Crippen molar-refractivity contribution in [2.24, 2.45) is 0 Å². The number of nitro groups is 1. The van der Waals surface area contributed by atoms with Gasteiger partial charge < -0.3 is 10.2 Å². The first-order valence-electron chi connectivity index (χ1n) is 8.74. The highest BCUT2D eigenvalue weighted by Gasteiger charge is 2.08. The summed E-state index contributed by atoms with van der Waals surface area (Å²) in [6.07, 6.45) is 11.6. The zero-order valence-electron chi connectivity index (χ0n) is 14.4. The average Bonchev–Trinajstić information content (AvgIpc) is 2.63. The molecule has 1 heterocycles. The second-order valence-corrected chi connectivity index (χ2v) is 6.11. The van der Waals surface area contributed by atoms with Gasteiger partial charge in [-0.3, -0.25) is 14.9 Å². The van der Waals surface area contributed by atoms with Crippen molar-refractivity contribution in [3.63, 3.8) is 0 Å². The van der Waals surface area contributed by atoms with Crippen LogP contribution >= 0.6 is 0 Å². The molecule has 0 saturated carbocycles. The number of hydrogen-bond donors (Lipinski definition) is 1. The van der Waals surface area contributed by atoms with E-state index in [2.05, 4.69) is 10.2 Å². The van der Waals surface area contributed by atoms with Gasteiger partial charge in [0, 0.05) is 24.8 Å². The van der Waals surface area contributed by atoms with Crippen molar-refractivity contribution in [2.45, 2.75) is 25.7 Å². The summed E-state index contributed by atoms with van der Waals surface area (Å²) >= 11 is 0. The predicted octanol–water partition coefficient (Wildman–Crippen LogP) is 3.16. The Bertz CT molecular complexity index is 617. The number of nitrogens with zero attached hydrogens (tertiary/aromatic N) is 2. The summed E-state index contributed by atoms with van der Waals surface area (Å²) in [5.74, 6) is -0.105. The van der Waals surface area contributed by atoms with Gasteiger partial charge in [-0.2, -0.15) is 0 Å². The van der Waals surface area contributed by atoms with E-state index in [1.807, 2.05) is 0 Å². The minimum absolute atomic E-state index is 0.0663. The zero-order chi connectivity index (χ0) is 17.9. The van der Waals surface area contributed by atoms with Gasteiger partial charge in [0.15, 0.2) is 0 Å². The molecule has 6 heteroatoms. The van der Waals surface area contributed by atoms with Crippen molar-refractivity contribution in [3.8, 4) is 0 Å². The van der Waals surface area contributed by atoms with Crippen molar-refractivity contribution in [1.29, 1.82) is 0 Å². The van der Waals surface area contributed by atoms with Gasteiger partial charge in [-0.1, -0.05) is 24.6 Å². The van der Waals surface area contributed by atoms with E-state index in [-0.39, 0.29) is 11.6 Å². The smallest absolute Gasteiger partial charge is 0.269 e. The number of rotatable bonds is 8. The highest BCUT2D eigenvalue weighted by molar-refractivity contribution is 5.87. The number of benzene rings is 1. The van der Waals surface area contributed by atoms with Gasteiger partial charge in [0.2, 0.25) is 5.91 Å². The Morgan fingerprint density at radius 2 is 1.88 bits per heavy atom. The average molecular weight is 343 g/mol. The van der Waals surface area contributed by atoms with Gasteiger partial charge >= 0.3 is 0 Å². The molecule has 0 bridgehead atoms. The molecular weight excluding hydrogens is 318 g/mol. The molecule has 1 amide bonds. The fraction of sp³-hybridized carbons (Fsp3) is 0.421. The number of piperidine rings is 1. The van der Waals surface area contributed by atoms with Gasteiger partial charge in [-0.25, -0.2) is 0 Å². The minimum atomic E-state index is -0.428. The SMILES string of the molecule is O=C(/C=C/C=C/c1ccc([N+](=O)[O-])cc1)NCCCN1CCCCC1. The quantitative estimate of drug-likeness (QED) is 0.259. The van der Waals surface area contributed by atoms with Crippen LogP contribution in [0.4, 0.5) is 5.69 Å². The second kappa shape index (κ2) is 10.4. The number of non-ortho nitro benzene ring substituents is 1. The van der Waals surface area contributed by atoms with Crippen molar-refractivity contribution in [3.05, 3.63) is 58.2 Å². The molecule has 1 aromatic carbocycles. The number of hydrogen-bond acceptors (Lipinski definition) is 4. The number of allylic oxidation sites excluding steroid dienone is 2. The molecule has 6 nitrogen and oxygen atoms in total. The number of nitro benzene ring substituents is 1. The minimum Gasteiger partial charge on any atom is -0.353 e. The molecule has 134 valence electrons. The number of carbonyl (C=O) groups is 1. The van der Waals surface area contributed by atoms with E-state index in [1.54, 1.807) is 30.4 Å². The topological polar surface area (TPSA) is 75.5 Å². The van der Waals surface area contributed by atoms with Crippen molar-refractivity contribution in [2.75, 3.05) is 26.2 Å². The summed E-state index contributed by atoms with van der Waals surface area (Å²) < 4.78 is 0. The van der Waals surface area contributed by atoms with Gasteiger partial charge in [-0.15, -0.1) is 0 Å². The maximum absolute atomic E-state index is 11.7. The molecule has 1 aromatic rings. The summed E-state index contributed by atoms with van der Waals surface area (Å²) in [6, 6.07) is 6.25. The summed E-state index contributed by atoms with van der Waals surface area (Å²) in [5.41, 5.74) is 0.911. The van der Waals surface area contributed by atoms with Crippen LogP contribution < -0.4 is 5.32 Å². The summed E-state index contributed by atoms with van der Waals surface area (Å²) in [5, 5.41) is 13.5. The number of carbonyl (C=O) groups excluding carboxylic acids is 1. The van der Waals surface area contributed by atoms with Crippen LogP contribution in [0.5, 0.6) is 0 Å². The number of likely N-dealkylation sites (tertiary alicyclic amines) is 1. The van der Waals surface area contributed by atoms with Gasteiger partial charge in [0.05, 0.1) is 4.92 Å². The Hall–Kier alpha value is -2.47. The Kier molecular flexibility index (Phi) is 7.85. The Balaban J connectivity index is 1.63. The normalized spacial score (nSPS) is 15.7. The largest absolute Gasteiger partial charge is 0.353 e. The first-order valence-corrected chi connectivity index (χ1v) is 8.74. The van der Waals surface area contributed by atoms with Crippen LogP contribution in [0, 0.1) is 10.1 Å². The molecule has 1 saturated heterocycles. The van der Waals surface area contributed by atoms with Crippen LogP contribution in [-0.4, -0.2) is 41.9 Å². The monoisotopic (exact) mass is 343 g/mol. The van der Waals surface area contributed by atoms with Crippen molar-refractivity contribution in [1.82, 2.24) is 10.2 Å². The van der Waals surface area contributed by atoms with Crippen LogP contribution in [0.15, 0.2) is 42.5 Å². The molecule has 0 aliphatic carbocycles. The van der Waals surface area contributed by atoms with E-state index in [4.69, 9.17) is 0 Å². The molecule has 1 aliphatic heterocycles. The summed E-state index contributed by atoms with van der Waals surface area (Å²) in [7, 11) is 0. The zero-order valence-corrected chi connectivity index (χ0v) is 14.4. The van der Waals surface area contributed by atoms with Crippen LogP contribution in [0.25, 0.3) is 6.08 Å². The highest BCUT2D eigenvalue weighted by atomic mass is 16.6. The van der Waals surface area contributed by atoms with E-state index in [0.29, 0.717) is 6.54 Å². The predicted molar refractivity (Wildman–Crippen MR) is 99.2 cm³/mol. The maximum atomic E-state index is 11.7. The molecule has 2 rings (SSSR count). The lowest BCUT2D eigenvalue weighted by Crippen LogP contribution is -2.33. The molecule has 0 spiro atoms. The lowest BCUT2D eigenvalue weighted by Gasteiger charge is -2.26. The molecule has 25 heavy (non-hydrogen) atoms. The van der Waals surface area contributed by atoms with Gasteiger partial charge in [0.1, 0.15) is 0 Å². The molecule has 0 unspecified atom stereocenters. The number of nitrogens with one attached hydrogen (secondary N) is 1. The molecule has 1 N–H and O–H groups in total. The van der Waals surface area contributed by atoms with Crippen LogP contribution in [0.1, 0.15) is 31.2 Å².